The zero-order valence-corrected chi connectivity index (χ0v) is 38.8. The van der Waals surface area contributed by atoms with Gasteiger partial charge in [0.2, 0.25) is 0 Å². The van der Waals surface area contributed by atoms with Crippen LogP contribution in [0.25, 0.3) is 0 Å². The molecule has 0 aromatic rings. The summed E-state index contributed by atoms with van der Waals surface area (Å²) < 4.78 is 24.5. The van der Waals surface area contributed by atoms with Crippen molar-refractivity contribution in [3.05, 3.63) is 29.8 Å². The molecule has 8 heteroatoms. The molecule has 0 amide bonds. The Kier molecular flexibility index (Phi) is 31.8. The van der Waals surface area contributed by atoms with E-state index in [1.165, 1.54) is 89.9 Å². The van der Waals surface area contributed by atoms with Crippen molar-refractivity contribution in [1.29, 1.82) is 0 Å². The number of likely N-dealkylation sites (N-methyl/N-ethyl adjacent to an activating group) is 1. The van der Waals surface area contributed by atoms with Crippen LogP contribution in [0.5, 0.6) is 0 Å². The van der Waals surface area contributed by atoms with E-state index in [0.717, 1.165) is 116 Å². The molecule has 0 bridgehead atoms. The fourth-order valence-electron chi connectivity index (χ4n) is 8.47. The van der Waals surface area contributed by atoms with E-state index in [-0.39, 0.29) is 24.0 Å². The fraction of sp³-hybridized carbons (Fsp3) is 0.863. The van der Waals surface area contributed by atoms with E-state index in [0.29, 0.717) is 32.0 Å². The largest absolute Gasteiger partial charge is 0.466 e. The van der Waals surface area contributed by atoms with Crippen molar-refractivity contribution in [2.45, 2.75) is 212 Å². The van der Waals surface area contributed by atoms with Crippen LogP contribution in [-0.4, -0.2) is 93.2 Å². The predicted molar refractivity (Wildman–Crippen MR) is 243 cm³/mol. The van der Waals surface area contributed by atoms with Crippen molar-refractivity contribution < 1.29 is 28.5 Å². The molecule has 0 aromatic heterocycles. The molecule has 2 aliphatic heterocycles. The Hall–Kier alpha value is -2.14. The lowest BCUT2D eigenvalue weighted by Crippen LogP contribution is -2.47. The van der Waals surface area contributed by atoms with Gasteiger partial charge < -0.3 is 23.8 Å². The third-order valence-electron chi connectivity index (χ3n) is 12.3. The lowest BCUT2D eigenvalue weighted by atomic mass is 9.98. The summed E-state index contributed by atoms with van der Waals surface area (Å²) in [6.45, 7) is 17.4. The van der Waals surface area contributed by atoms with Gasteiger partial charge in [0.05, 0.1) is 32.3 Å². The highest BCUT2D eigenvalue weighted by Gasteiger charge is 2.41. The number of esters is 2. The molecule has 0 aromatic carbocycles. The van der Waals surface area contributed by atoms with Gasteiger partial charge in [0.1, 0.15) is 0 Å². The molecular weight excluding hydrogens is 737 g/mol. The summed E-state index contributed by atoms with van der Waals surface area (Å²) in [6, 6.07) is 0. The molecule has 340 valence electrons. The fourth-order valence-corrected chi connectivity index (χ4v) is 8.47. The summed E-state index contributed by atoms with van der Waals surface area (Å²) in [7, 11) is 2.21. The Labute approximate surface area is 363 Å². The third kappa shape index (κ3) is 28.2. The van der Waals surface area contributed by atoms with Crippen LogP contribution in [-0.2, 0) is 28.5 Å². The number of carbonyl (C=O) groups is 2. The Bertz CT molecular complexity index is 1180. The van der Waals surface area contributed by atoms with Gasteiger partial charge in [-0.1, -0.05) is 154 Å². The number of nitrogens with zero attached hydrogens (tertiary/aromatic N) is 2. The van der Waals surface area contributed by atoms with Crippen molar-refractivity contribution >= 4 is 11.9 Å². The molecular formula is C51H90N2O6. The van der Waals surface area contributed by atoms with Crippen LogP contribution in [0.4, 0.5) is 0 Å². The van der Waals surface area contributed by atoms with Gasteiger partial charge in [0.15, 0.2) is 5.79 Å². The minimum Gasteiger partial charge on any atom is -0.466 e. The van der Waals surface area contributed by atoms with Crippen LogP contribution in [0.3, 0.4) is 0 Å². The Morgan fingerprint density at radius 2 is 1.22 bits per heavy atom. The second kappa shape index (κ2) is 35.5. The molecule has 0 saturated carbocycles. The first-order valence-electron chi connectivity index (χ1n) is 24.7. The summed E-state index contributed by atoms with van der Waals surface area (Å²) in [5.74, 6) is 0.0334. The minimum absolute atomic E-state index is 0.0181. The van der Waals surface area contributed by atoms with E-state index < -0.39 is 5.79 Å². The average molecular weight is 827 g/mol. The molecule has 4 atom stereocenters. The van der Waals surface area contributed by atoms with Crippen LogP contribution >= 0.6 is 0 Å². The first-order valence-corrected chi connectivity index (χ1v) is 24.7. The summed E-state index contributed by atoms with van der Waals surface area (Å²) >= 11 is 0. The standard InChI is InChI=1S/C51H90N2O6/c1-6-9-24-31-46(4)42-49(54)56-40-29-22-18-14-12-16-20-27-34-51(58-45-48(59-51)44-53-38-36-52(5)37-39-53)35-28-21-17-13-15-19-23-30-41-57-50(55)43-47(32-25-10-7-2)33-26-11-8-3/h32,46-48H,2,6,8-9,11-24,26-31,33-45H2,1,3-5H3. The minimum atomic E-state index is -0.412. The molecule has 0 N–H and O–H groups in total. The lowest BCUT2D eigenvalue weighted by Gasteiger charge is -2.34. The molecule has 4 unspecified atom stereocenters. The average Bonchev–Trinajstić information content (AvgIpc) is 3.62. The Balaban J connectivity index is 1.59. The van der Waals surface area contributed by atoms with Crippen molar-refractivity contribution in [2.75, 3.05) is 59.6 Å². The van der Waals surface area contributed by atoms with Crippen LogP contribution < -0.4 is 0 Å². The van der Waals surface area contributed by atoms with Gasteiger partial charge in [-0.05, 0) is 69.4 Å². The monoisotopic (exact) mass is 827 g/mol. The molecule has 2 rings (SSSR count). The van der Waals surface area contributed by atoms with Crippen molar-refractivity contribution in [1.82, 2.24) is 9.80 Å². The predicted octanol–water partition coefficient (Wildman–Crippen LogP) is 12.3. The van der Waals surface area contributed by atoms with E-state index in [1.807, 2.05) is 6.08 Å². The van der Waals surface area contributed by atoms with Gasteiger partial charge in [-0.15, -0.1) is 0 Å². The van der Waals surface area contributed by atoms with Gasteiger partial charge in [0.25, 0.3) is 0 Å². The van der Waals surface area contributed by atoms with Gasteiger partial charge in [-0.2, -0.15) is 0 Å². The van der Waals surface area contributed by atoms with Gasteiger partial charge in [-0.25, -0.2) is 0 Å². The number of carbonyl (C=O) groups excluding carboxylic acids is 2. The Morgan fingerprint density at radius 1 is 0.712 bits per heavy atom. The number of rotatable bonds is 37. The zero-order chi connectivity index (χ0) is 42.7. The molecule has 59 heavy (non-hydrogen) atoms. The molecule has 2 aliphatic rings. The molecule has 8 nitrogen and oxygen atoms in total. The summed E-state index contributed by atoms with van der Waals surface area (Å²) in [4.78, 5) is 29.5. The van der Waals surface area contributed by atoms with Crippen LogP contribution in [0, 0.1) is 11.8 Å². The van der Waals surface area contributed by atoms with E-state index in [2.05, 4.69) is 61.4 Å². The summed E-state index contributed by atoms with van der Waals surface area (Å²) in [6.07, 6.45) is 33.1. The highest BCUT2D eigenvalue weighted by atomic mass is 16.7. The number of ether oxygens (including phenoxy) is 4. The first-order chi connectivity index (χ1) is 28.8. The van der Waals surface area contributed by atoms with Gasteiger partial charge >= 0.3 is 11.9 Å². The second-order valence-electron chi connectivity index (χ2n) is 18.0. The molecule has 0 radical (unpaired) electrons. The van der Waals surface area contributed by atoms with Crippen LogP contribution in [0.2, 0.25) is 0 Å². The zero-order valence-electron chi connectivity index (χ0n) is 38.8. The van der Waals surface area contributed by atoms with Crippen molar-refractivity contribution in [2.24, 2.45) is 11.8 Å². The van der Waals surface area contributed by atoms with E-state index in [9.17, 15) is 9.59 Å². The van der Waals surface area contributed by atoms with Crippen molar-refractivity contribution in [3.8, 4) is 0 Å². The number of piperazine rings is 1. The first kappa shape index (κ1) is 53.0. The SMILES string of the molecule is C=C=C=C=CC(CCCCC)CC(=O)OCCCCCCCCCCC1(CCCCCCCCCCOC(=O)CC(C)CCCCC)OCC(CN2CCN(C)CC2)O1. The molecule has 2 heterocycles. The highest BCUT2D eigenvalue weighted by molar-refractivity contribution is 5.70. The number of allylic oxidation sites excluding steroid dienone is 1. The number of unbranched alkanes of at least 4 members (excludes halogenated alkanes) is 18. The Morgan fingerprint density at radius 3 is 1.76 bits per heavy atom. The van der Waals surface area contributed by atoms with E-state index in [4.69, 9.17) is 18.9 Å². The van der Waals surface area contributed by atoms with Crippen LogP contribution in [0.1, 0.15) is 201 Å². The maximum Gasteiger partial charge on any atom is 0.306 e. The topological polar surface area (TPSA) is 77.5 Å². The summed E-state index contributed by atoms with van der Waals surface area (Å²) in [5, 5.41) is 0. The number of hydrogen-bond donors (Lipinski definition) is 0. The molecule has 2 saturated heterocycles. The van der Waals surface area contributed by atoms with Crippen molar-refractivity contribution in [3.63, 3.8) is 0 Å². The quantitative estimate of drug-likeness (QED) is 0.0348. The van der Waals surface area contributed by atoms with Gasteiger partial charge in [-0.3, -0.25) is 14.5 Å². The van der Waals surface area contributed by atoms with Crippen LogP contribution in [0.15, 0.2) is 29.8 Å². The smallest absolute Gasteiger partial charge is 0.306 e. The van der Waals surface area contributed by atoms with E-state index >= 15 is 0 Å². The summed E-state index contributed by atoms with van der Waals surface area (Å²) in [5.41, 5.74) is 8.29. The maximum absolute atomic E-state index is 12.4. The third-order valence-corrected chi connectivity index (χ3v) is 12.3. The van der Waals surface area contributed by atoms with Gasteiger partial charge in [0, 0.05) is 52.0 Å². The molecule has 0 aliphatic carbocycles. The maximum atomic E-state index is 12.4. The lowest BCUT2D eigenvalue weighted by molar-refractivity contribution is -0.181. The van der Waals surface area contributed by atoms with E-state index in [1.54, 1.807) is 0 Å². The number of hydrogen-bond acceptors (Lipinski definition) is 8. The second-order valence-corrected chi connectivity index (χ2v) is 18.0. The molecule has 0 spiro atoms. The highest BCUT2D eigenvalue weighted by Crippen LogP contribution is 2.35. The molecule has 2 fully saturated rings. The normalized spacial score (nSPS) is 19.4.